The highest BCUT2D eigenvalue weighted by Gasteiger charge is 2.50. The predicted octanol–water partition coefficient (Wildman–Crippen LogP) is 2.15. The van der Waals surface area contributed by atoms with Gasteiger partial charge in [-0.25, -0.2) is 4.79 Å². The van der Waals surface area contributed by atoms with Crippen molar-refractivity contribution in [1.82, 2.24) is 20.0 Å². The van der Waals surface area contributed by atoms with Crippen LogP contribution in [0.3, 0.4) is 0 Å². The lowest BCUT2D eigenvalue weighted by atomic mass is 9.93. The molecule has 1 unspecified atom stereocenters. The minimum absolute atomic E-state index is 0.0144. The van der Waals surface area contributed by atoms with Crippen molar-refractivity contribution in [3.8, 4) is 11.8 Å². The molecule has 3 heterocycles. The Morgan fingerprint density at radius 2 is 1.86 bits per heavy atom. The number of methoxy groups -OCH3 is 1. The summed E-state index contributed by atoms with van der Waals surface area (Å²) in [6, 6.07) is 9.19. The Balaban J connectivity index is 1.29. The fraction of sp³-hybridized carbons (Fsp3) is 0.615. The third kappa shape index (κ3) is 5.22. The molecular formula is C26H33N5O5S. The van der Waals surface area contributed by atoms with Crippen LogP contribution in [0.5, 0.6) is 5.75 Å². The molecule has 4 fully saturated rings. The minimum atomic E-state index is -0.898. The number of para-hydroxylation sites is 1. The lowest BCUT2D eigenvalue weighted by Gasteiger charge is -2.48. The first-order valence-electron chi connectivity index (χ1n) is 12.9. The SMILES string of the molecule is COc1ccccc1S[C@@H]1C[C@@H](C(=O)NC2(C#N)CC2)N(C(=O)C2CCN2C2CCN(C(=O)O)CC2)C1. The first-order chi connectivity index (χ1) is 17.8. The van der Waals surface area contributed by atoms with Gasteiger partial charge in [0.15, 0.2) is 0 Å². The maximum absolute atomic E-state index is 13.8. The smallest absolute Gasteiger partial charge is 0.407 e. The average molecular weight is 528 g/mol. The van der Waals surface area contributed by atoms with Crippen LogP contribution < -0.4 is 10.1 Å². The number of likely N-dealkylation sites (tertiary alicyclic amines) is 3. The monoisotopic (exact) mass is 527 g/mol. The van der Waals surface area contributed by atoms with Crippen molar-refractivity contribution in [3.05, 3.63) is 24.3 Å². The van der Waals surface area contributed by atoms with Gasteiger partial charge in [0.1, 0.15) is 17.3 Å². The number of amides is 3. The maximum atomic E-state index is 13.8. The summed E-state index contributed by atoms with van der Waals surface area (Å²) in [5.41, 5.74) is -0.791. The second-order valence-corrected chi connectivity index (χ2v) is 11.7. The van der Waals surface area contributed by atoms with Crippen molar-refractivity contribution in [3.63, 3.8) is 0 Å². The summed E-state index contributed by atoms with van der Waals surface area (Å²) in [4.78, 5) is 44.8. The van der Waals surface area contributed by atoms with Crippen LogP contribution in [0.2, 0.25) is 0 Å². The van der Waals surface area contributed by atoms with E-state index in [9.17, 15) is 24.8 Å². The number of piperidine rings is 1. The van der Waals surface area contributed by atoms with Crippen LogP contribution in [0, 0.1) is 11.3 Å². The molecule has 5 rings (SSSR count). The molecule has 2 N–H and O–H groups in total. The van der Waals surface area contributed by atoms with Crippen molar-refractivity contribution in [1.29, 1.82) is 5.26 Å². The number of carboxylic acid groups (broad SMARTS) is 1. The van der Waals surface area contributed by atoms with E-state index in [-0.39, 0.29) is 29.1 Å². The zero-order valence-corrected chi connectivity index (χ0v) is 21.8. The van der Waals surface area contributed by atoms with Gasteiger partial charge in [0.05, 0.1) is 19.2 Å². The van der Waals surface area contributed by atoms with Crippen molar-refractivity contribution < 1.29 is 24.2 Å². The second-order valence-electron chi connectivity index (χ2n) is 10.4. The molecule has 3 amide bonds. The number of carbonyl (C=O) groups excluding carboxylic acids is 2. The van der Waals surface area contributed by atoms with Gasteiger partial charge in [-0.2, -0.15) is 5.26 Å². The Kier molecular flexibility index (Phi) is 7.23. The highest BCUT2D eigenvalue weighted by molar-refractivity contribution is 8.00. The summed E-state index contributed by atoms with van der Waals surface area (Å²) >= 11 is 1.61. The van der Waals surface area contributed by atoms with Crippen molar-refractivity contribution in [2.45, 2.75) is 72.3 Å². The lowest BCUT2D eigenvalue weighted by Crippen LogP contribution is -2.63. The number of carbonyl (C=O) groups is 3. The number of hydrogen-bond donors (Lipinski definition) is 2. The number of thioether (sulfide) groups is 1. The van der Waals surface area contributed by atoms with Crippen LogP contribution in [0.15, 0.2) is 29.2 Å². The Labute approximate surface area is 220 Å². The molecule has 11 heteroatoms. The van der Waals surface area contributed by atoms with Gasteiger partial charge in [-0.3, -0.25) is 14.5 Å². The molecule has 37 heavy (non-hydrogen) atoms. The largest absolute Gasteiger partial charge is 0.496 e. The van der Waals surface area contributed by atoms with Crippen molar-refractivity contribution in [2.75, 3.05) is 33.3 Å². The van der Waals surface area contributed by atoms with Gasteiger partial charge in [0.2, 0.25) is 11.8 Å². The molecule has 3 atom stereocenters. The van der Waals surface area contributed by atoms with E-state index in [1.54, 1.807) is 23.8 Å². The molecule has 1 saturated carbocycles. The van der Waals surface area contributed by atoms with Gasteiger partial charge in [-0.1, -0.05) is 12.1 Å². The summed E-state index contributed by atoms with van der Waals surface area (Å²) in [6.07, 6.45) is 3.03. The number of ether oxygens (including phenoxy) is 1. The average Bonchev–Trinajstić information content (AvgIpc) is 3.52. The number of rotatable bonds is 7. The van der Waals surface area contributed by atoms with Crippen molar-refractivity contribution >= 4 is 29.7 Å². The first-order valence-corrected chi connectivity index (χ1v) is 13.8. The van der Waals surface area contributed by atoms with Gasteiger partial charge in [0, 0.05) is 42.4 Å². The van der Waals surface area contributed by atoms with Crippen LogP contribution in [0.4, 0.5) is 4.79 Å². The number of nitrogens with one attached hydrogen (secondary N) is 1. The van der Waals surface area contributed by atoms with E-state index in [1.807, 2.05) is 24.3 Å². The fourth-order valence-corrected chi connectivity index (χ4v) is 6.97. The van der Waals surface area contributed by atoms with E-state index in [4.69, 9.17) is 4.74 Å². The zero-order valence-electron chi connectivity index (χ0n) is 21.0. The highest BCUT2D eigenvalue weighted by Crippen LogP contribution is 2.40. The molecule has 198 valence electrons. The van der Waals surface area contributed by atoms with E-state index in [0.717, 1.165) is 23.6 Å². The third-order valence-corrected chi connectivity index (χ3v) is 9.35. The number of benzene rings is 1. The van der Waals surface area contributed by atoms with Crippen LogP contribution in [-0.4, -0.2) is 99.9 Å². The van der Waals surface area contributed by atoms with E-state index >= 15 is 0 Å². The molecule has 1 aromatic carbocycles. The zero-order chi connectivity index (χ0) is 26.2. The Morgan fingerprint density at radius 1 is 1.14 bits per heavy atom. The summed E-state index contributed by atoms with van der Waals surface area (Å²) in [6.45, 7) is 2.19. The van der Waals surface area contributed by atoms with Crippen LogP contribution in [0.25, 0.3) is 0 Å². The number of nitrogens with zero attached hydrogens (tertiary/aromatic N) is 4. The number of hydrogen-bond acceptors (Lipinski definition) is 7. The lowest BCUT2D eigenvalue weighted by molar-refractivity contribution is -0.148. The molecule has 3 aliphatic heterocycles. The molecule has 0 bridgehead atoms. The van der Waals surface area contributed by atoms with Gasteiger partial charge in [-0.05, 0) is 50.7 Å². The van der Waals surface area contributed by atoms with E-state index in [1.165, 1.54) is 4.90 Å². The van der Waals surface area contributed by atoms with Gasteiger partial charge in [-0.15, -0.1) is 11.8 Å². The third-order valence-electron chi connectivity index (χ3n) is 8.09. The molecule has 1 aromatic rings. The predicted molar refractivity (Wildman–Crippen MR) is 136 cm³/mol. The summed E-state index contributed by atoms with van der Waals surface area (Å²) in [7, 11) is 1.63. The van der Waals surface area contributed by atoms with Crippen molar-refractivity contribution in [2.24, 2.45) is 0 Å². The van der Waals surface area contributed by atoms with E-state index in [2.05, 4.69) is 16.3 Å². The fourth-order valence-electron chi connectivity index (χ4n) is 5.67. The molecule has 3 saturated heterocycles. The van der Waals surface area contributed by atoms with E-state index in [0.29, 0.717) is 51.7 Å². The normalized spacial score (nSPS) is 27.2. The second kappa shape index (κ2) is 10.4. The van der Waals surface area contributed by atoms with Gasteiger partial charge in [0.25, 0.3) is 0 Å². The summed E-state index contributed by atoms with van der Waals surface area (Å²) in [5, 5.41) is 21.7. The molecule has 10 nitrogen and oxygen atoms in total. The molecular weight excluding hydrogens is 494 g/mol. The highest BCUT2D eigenvalue weighted by atomic mass is 32.2. The minimum Gasteiger partial charge on any atom is -0.496 e. The standard InChI is InChI=1S/C26H33N5O5S/c1-36-21-4-2-3-5-22(21)37-18-14-20(23(32)28-26(16-27)9-10-26)31(15-18)24(33)19-8-13-30(19)17-6-11-29(12-7-17)25(34)35/h2-5,17-20H,6-15H2,1H3,(H,28,32)(H,34,35)/t18-,19?,20+/m1/s1. The Hall–Kier alpha value is -2.97. The van der Waals surface area contributed by atoms with E-state index < -0.39 is 17.7 Å². The Bertz CT molecular complexity index is 1100. The van der Waals surface area contributed by atoms with Gasteiger partial charge < -0.3 is 25.0 Å². The summed E-state index contributed by atoms with van der Waals surface area (Å²) < 4.78 is 5.50. The van der Waals surface area contributed by atoms with Gasteiger partial charge >= 0.3 is 6.09 Å². The molecule has 0 radical (unpaired) electrons. The molecule has 0 aromatic heterocycles. The molecule has 0 spiro atoms. The summed E-state index contributed by atoms with van der Waals surface area (Å²) in [5.74, 6) is 0.464. The van der Waals surface area contributed by atoms with Crippen LogP contribution >= 0.6 is 11.8 Å². The molecule has 4 aliphatic rings. The maximum Gasteiger partial charge on any atom is 0.407 e. The van der Waals surface area contributed by atoms with Crippen LogP contribution in [0.1, 0.15) is 38.5 Å². The van der Waals surface area contributed by atoms with Crippen LogP contribution in [-0.2, 0) is 9.59 Å². The quantitative estimate of drug-likeness (QED) is 0.553. The first kappa shape index (κ1) is 25.7. The topological polar surface area (TPSA) is 126 Å². The molecule has 1 aliphatic carbocycles. The number of nitriles is 1. The Morgan fingerprint density at radius 3 is 2.46 bits per heavy atom.